The summed E-state index contributed by atoms with van der Waals surface area (Å²) in [6, 6.07) is 6.19. The van der Waals surface area contributed by atoms with E-state index in [-0.39, 0.29) is 0 Å². The second-order valence-corrected chi connectivity index (χ2v) is 4.01. The molecule has 0 spiro atoms. The fourth-order valence-electron chi connectivity index (χ4n) is 1.63. The van der Waals surface area contributed by atoms with Crippen molar-refractivity contribution in [2.75, 3.05) is 0 Å². The van der Waals surface area contributed by atoms with Gasteiger partial charge in [0.15, 0.2) is 5.82 Å². The number of benzene rings is 1. The van der Waals surface area contributed by atoms with Crippen molar-refractivity contribution in [2.45, 2.75) is 26.4 Å². The van der Waals surface area contributed by atoms with E-state index in [9.17, 15) is 5.11 Å². The van der Waals surface area contributed by atoms with E-state index in [4.69, 9.17) is 0 Å². The summed E-state index contributed by atoms with van der Waals surface area (Å²) >= 11 is 0. The van der Waals surface area contributed by atoms with Crippen LogP contribution >= 0.6 is 0 Å². The minimum atomic E-state index is -0.621. The number of aliphatic hydroxyl groups is 1. The molecular weight excluding hydrogens is 202 g/mol. The lowest BCUT2D eigenvalue weighted by Crippen LogP contribution is -2.04. The van der Waals surface area contributed by atoms with E-state index < -0.39 is 6.10 Å². The molecular formula is C12H15N3O. The van der Waals surface area contributed by atoms with Crippen LogP contribution in [0.4, 0.5) is 0 Å². The number of hydrogen-bond acceptors (Lipinski definition) is 3. The Morgan fingerprint density at radius 3 is 2.75 bits per heavy atom. The molecule has 0 aliphatic heterocycles. The predicted octanol–water partition coefficient (Wildman–Crippen LogP) is 1.70. The Morgan fingerprint density at radius 2 is 2.12 bits per heavy atom. The number of nitrogens with one attached hydrogen (secondary N) is 1. The van der Waals surface area contributed by atoms with Gasteiger partial charge in [0.05, 0.1) is 0 Å². The number of H-pyrrole nitrogens is 1. The summed E-state index contributed by atoms with van der Waals surface area (Å²) in [4.78, 5) is 3.94. The maximum atomic E-state index is 9.89. The van der Waals surface area contributed by atoms with E-state index in [0.29, 0.717) is 12.2 Å². The highest BCUT2D eigenvalue weighted by Gasteiger charge is 2.11. The molecule has 4 nitrogen and oxygen atoms in total. The van der Waals surface area contributed by atoms with Crippen LogP contribution in [-0.2, 0) is 6.42 Å². The van der Waals surface area contributed by atoms with E-state index in [0.717, 1.165) is 5.56 Å². The molecule has 0 aliphatic carbocycles. The second-order valence-electron chi connectivity index (χ2n) is 4.01. The van der Waals surface area contributed by atoms with Gasteiger partial charge >= 0.3 is 0 Å². The average molecular weight is 217 g/mol. The number of rotatable bonds is 3. The zero-order chi connectivity index (χ0) is 11.5. The summed E-state index contributed by atoms with van der Waals surface area (Å²) in [6.45, 7) is 4.14. The molecule has 0 saturated carbocycles. The van der Waals surface area contributed by atoms with Gasteiger partial charge in [0.2, 0.25) is 0 Å². The molecule has 0 bridgehead atoms. The highest BCUT2D eigenvalue weighted by molar-refractivity contribution is 5.30. The van der Waals surface area contributed by atoms with E-state index in [1.54, 1.807) is 0 Å². The molecule has 0 radical (unpaired) electrons. The summed E-state index contributed by atoms with van der Waals surface area (Å²) in [6.07, 6.45) is 1.33. The lowest BCUT2D eigenvalue weighted by atomic mass is 10.0. The van der Waals surface area contributed by atoms with Crippen molar-refractivity contribution in [2.24, 2.45) is 0 Å². The summed E-state index contributed by atoms with van der Waals surface area (Å²) in [5.74, 6) is 0.512. The number of aliphatic hydroxyl groups excluding tert-OH is 1. The Kier molecular flexibility index (Phi) is 3.01. The summed E-state index contributed by atoms with van der Waals surface area (Å²) in [7, 11) is 0. The molecule has 0 fully saturated rings. The lowest BCUT2D eigenvalue weighted by Gasteiger charge is -2.09. The average Bonchev–Trinajstić information content (AvgIpc) is 2.77. The van der Waals surface area contributed by atoms with Crippen molar-refractivity contribution in [1.29, 1.82) is 0 Å². The molecule has 1 aromatic carbocycles. The van der Waals surface area contributed by atoms with E-state index in [1.807, 2.05) is 6.07 Å². The van der Waals surface area contributed by atoms with Crippen molar-refractivity contribution in [3.8, 4) is 0 Å². The quantitative estimate of drug-likeness (QED) is 0.822. The van der Waals surface area contributed by atoms with Gasteiger partial charge in [0.1, 0.15) is 12.4 Å². The summed E-state index contributed by atoms with van der Waals surface area (Å²) < 4.78 is 0. The van der Waals surface area contributed by atoms with Crippen LogP contribution in [0.5, 0.6) is 0 Å². The van der Waals surface area contributed by atoms with Crippen molar-refractivity contribution >= 4 is 0 Å². The number of nitrogens with zero attached hydrogens (tertiary/aromatic N) is 2. The third-order valence-corrected chi connectivity index (χ3v) is 2.75. The first kappa shape index (κ1) is 10.8. The Hall–Kier alpha value is -1.68. The normalized spacial score (nSPS) is 12.7. The highest BCUT2D eigenvalue weighted by atomic mass is 16.3. The number of aryl methyl sites for hydroxylation is 2. The largest absolute Gasteiger partial charge is 0.385 e. The predicted molar refractivity (Wildman–Crippen MR) is 61.0 cm³/mol. The smallest absolute Gasteiger partial charge is 0.153 e. The molecule has 2 rings (SSSR count). The summed E-state index contributed by atoms with van der Waals surface area (Å²) in [5, 5.41) is 16.3. The van der Waals surface area contributed by atoms with E-state index in [1.165, 1.54) is 17.5 Å². The first-order valence-electron chi connectivity index (χ1n) is 5.26. The van der Waals surface area contributed by atoms with Crippen LogP contribution in [0.2, 0.25) is 0 Å². The Balaban J connectivity index is 2.12. The molecule has 0 saturated heterocycles. The van der Waals surface area contributed by atoms with Crippen molar-refractivity contribution in [3.05, 3.63) is 47.0 Å². The summed E-state index contributed by atoms with van der Waals surface area (Å²) in [5.41, 5.74) is 3.60. The fourth-order valence-corrected chi connectivity index (χ4v) is 1.63. The zero-order valence-electron chi connectivity index (χ0n) is 9.44. The van der Waals surface area contributed by atoms with Gasteiger partial charge in [0, 0.05) is 6.42 Å². The van der Waals surface area contributed by atoms with Gasteiger partial charge in [-0.3, -0.25) is 5.10 Å². The van der Waals surface area contributed by atoms with Gasteiger partial charge in [-0.2, -0.15) is 5.10 Å². The van der Waals surface area contributed by atoms with Crippen LogP contribution in [0, 0.1) is 13.8 Å². The maximum Gasteiger partial charge on any atom is 0.153 e. The Bertz CT molecular complexity index is 465. The van der Waals surface area contributed by atoms with Crippen molar-refractivity contribution in [1.82, 2.24) is 15.2 Å². The van der Waals surface area contributed by atoms with Crippen LogP contribution in [0.15, 0.2) is 24.5 Å². The fraction of sp³-hybridized carbons (Fsp3) is 0.333. The molecule has 0 amide bonds. The topological polar surface area (TPSA) is 61.8 Å². The van der Waals surface area contributed by atoms with E-state index >= 15 is 0 Å². The maximum absolute atomic E-state index is 9.89. The van der Waals surface area contributed by atoms with E-state index in [2.05, 4.69) is 41.2 Å². The van der Waals surface area contributed by atoms with Gasteiger partial charge in [-0.25, -0.2) is 4.98 Å². The zero-order valence-corrected chi connectivity index (χ0v) is 9.44. The van der Waals surface area contributed by atoms with Gasteiger partial charge in [-0.1, -0.05) is 18.2 Å². The third kappa shape index (κ3) is 2.28. The minimum absolute atomic E-state index is 0.512. The molecule has 1 atom stereocenters. The van der Waals surface area contributed by atoms with Gasteiger partial charge in [0.25, 0.3) is 0 Å². The van der Waals surface area contributed by atoms with Gasteiger partial charge in [-0.15, -0.1) is 0 Å². The van der Waals surface area contributed by atoms with Crippen molar-refractivity contribution in [3.63, 3.8) is 0 Å². The third-order valence-electron chi connectivity index (χ3n) is 2.75. The van der Waals surface area contributed by atoms with Crippen LogP contribution < -0.4 is 0 Å². The molecule has 84 valence electrons. The molecule has 1 heterocycles. The molecule has 0 aliphatic rings. The van der Waals surface area contributed by atoms with Crippen LogP contribution in [0.1, 0.15) is 28.6 Å². The second kappa shape index (κ2) is 4.45. The number of aromatic nitrogens is 3. The Labute approximate surface area is 94.4 Å². The van der Waals surface area contributed by atoms with Gasteiger partial charge < -0.3 is 5.11 Å². The molecule has 16 heavy (non-hydrogen) atoms. The van der Waals surface area contributed by atoms with Crippen molar-refractivity contribution < 1.29 is 5.11 Å². The number of aromatic amines is 1. The molecule has 1 unspecified atom stereocenters. The lowest BCUT2D eigenvalue weighted by molar-refractivity contribution is 0.169. The van der Waals surface area contributed by atoms with Crippen LogP contribution in [0.25, 0.3) is 0 Å². The first-order valence-corrected chi connectivity index (χ1v) is 5.26. The SMILES string of the molecule is Cc1ccc(CC(O)c2ncn[nH]2)cc1C. The molecule has 4 heteroatoms. The monoisotopic (exact) mass is 217 g/mol. The van der Waals surface area contributed by atoms with Crippen LogP contribution in [0.3, 0.4) is 0 Å². The molecule has 2 N–H and O–H groups in total. The molecule has 2 aromatic rings. The first-order chi connectivity index (χ1) is 7.66. The highest BCUT2D eigenvalue weighted by Crippen LogP contribution is 2.16. The number of hydrogen-bond donors (Lipinski definition) is 2. The minimum Gasteiger partial charge on any atom is -0.385 e. The standard InChI is InChI=1S/C12H15N3O/c1-8-3-4-10(5-9(8)2)6-11(16)12-13-7-14-15-12/h3-5,7,11,16H,6H2,1-2H3,(H,13,14,15). The van der Waals surface area contributed by atoms with Gasteiger partial charge in [-0.05, 0) is 30.5 Å². The van der Waals surface area contributed by atoms with Crippen LogP contribution in [-0.4, -0.2) is 20.3 Å². The Morgan fingerprint density at radius 1 is 1.31 bits per heavy atom. The molecule has 1 aromatic heterocycles.